The van der Waals surface area contributed by atoms with Gasteiger partial charge in [0.15, 0.2) is 0 Å². The van der Waals surface area contributed by atoms with Crippen LogP contribution in [0.25, 0.3) is 0 Å². The van der Waals surface area contributed by atoms with Crippen LogP contribution in [0.4, 0.5) is 5.69 Å². The molecule has 1 aromatic carbocycles. The molecule has 0 aliphatic rings. The highest BCUT2D eigenvalue weighted by molar-refractivity contribution is 5.97. The zero-order valence-electron chi connectivity index (χ0n) is 12.9. The zero-order chi connectivity index (χ0) is 15.8. The highest BCUT2D eigenvalue weighted by Gasteiger charge is 2.16. The molecule has 6 nitrogen and oxygen atoms in total. The number of nitrogens with one attached hydrogen (secondary N) is 2. The van der Waals surface area contributed by atoms with Gasteiger partial charge >= 0.3 is 0 Å². The maximum absolute atomic E-state index is 12.1. The third-order valence-electron chi connectivity index (χ3n) is 2.63. The minimum Gasteiger partial charge on any atom is -0.494 e. The van der Waals surface area contributed by atoms with E-state index < -0.39 is 6.04 Å². The van der Waals surface area contributed by atoms with Gasteiger partial charge < -0.3 is 20.1 Å². The Morgan fingerprint density at radius 1 is 1.19 bits per heavy atom. The van der Waals surface area contributed by atoms with Crippen molar-refractivity contribution in [1.29, 1.82) is 0 Å². The quantitative estimate of drug-likeness (QED) is 0.806. The number of amides is 2. The smallest absolute Gasteiger partial charge is 0.246 e. The lowest BCUT2D eigenvalue weighted by Gasteiger charge is -2.16. The van der Waals surface area contributed by atoms with Gasteiger partial charge in [-0.2, -0.15) is 0 Å². The Bertz CT molecular complexity index is 502. The van der Waals surface area contributed by atoms with E-state index in [1.165, 1.54) is 6.92 Å². The van der Waals surface area contributed by atoms with Crippen molar-refractivity contribution in [3.63, 3.8) is 0 Å². The number of carbonyl (C=O) groups is 2. The molecule has 0 aliphatic heterocycles. The molecule has 116 valence electrons. The van der Waals surface area contributed by atoms with Crippen LogP contribution in [0.2, 0.25) is 0 Å². The van der Waals surface area contributed by atoms with Gasteiger partial charge in [-0.1, -0.05) is 0 Å². The molecule has 1 rings (SSSR count). The van der Waals surface area contributed by atoms with Crippen molar-refractivity contribution in [1.82, 2.24) is 5.32 Å². The summed E-state index contributed by atoms with van der Waals surface area (Å²) in [7, 11) is 0. The first-order valence-electron chi connectivity index (χ1n) is 6.95. The average molecular weight is 294 g/mol. The first kappa shape index (κ1) is 16.8. The lowest BCUT2D eigenvalue weighted by molar-refractivity contribution is -0.124. The van der Waals surface area contributed by atoms with Crippen molar-refractivity contribution in [2.75, 3.05) is 18.5 Å². The summed E-state index contributed by atoms with van der Waals surface area (Å²) in [6.45, 7) is 7.74. The van der Waals surface area contributed by atoms with Crippen LogP contribution in [0.3, 0.4) is 0 Å². The van der Waals surface area contributed by atoms with Crippen LogP contribution < -0.4 is 20.1 Å². The minimum atomic E-state index is -0.632. The van der Waals surface area contributed by atoms with Crippen molar-refractivity contribution in [2.24, 2.45) is 0 Å². The fourth-order valence-electron chi connectivity index (χ4n) is 1.76. The molecule has 0 radical (unpaired) electrons. The molecule has 1 atom stereocenters. The van der Waals surface area contributed by atoms with E-state index in [2.05, 4.69) is 10.6 Å². The predicted molar refractivity (Wildman–Crippen MR) is 80.7 cm³/mol. The van der Waals surface area contributed by atoms with Crippen LogP contribution in [0.5, 0.6) is 11.5 Å². The molecule has 0 saturated heterocycles. The highest BCUT2D eigenvalue weighted by Crippen LogP contribution is 2.29. The van der Waals surface area contributed by atoms with Crippen LogP contribution in [0.1, 0.15) is 27.7 Å². The van der Waals surface area contributed by atoms with E-state index in [4.69, 9.17) is 9.47 Å². The van der Waals surface area contributed by atoms with Crippen LogP contribution in [-0.2, 0) is 9.59 Å². The number of carbonyl (C=O) groups excluding carboxylic acids is 2. The van der Waals surface area contributed by atoms with Crippen LogP contribution in [-0.4, -0.2) is 31.1 Å². The number of benzene rings is 1. The van der Waals surface area contributed by atoms with E-state index in [1.54, 1.807) is 25.1 Å². The topological polar surface area (TPSA) is 76.7 Å². The van der Waals surface area contributed by atoms with Gasteiger partial charge in [-0.25, -0.2) is 0 Å². The van der Waals surface area contributed by atoms with E-state index in [0.717, 1.165) is 0 Å². The third-order valence-corrected chi connectivity index (χ3v) is 2.63. The van der Waals surface area contributed by atoms with E-state index in [1.807, 2.05) is 13.8 Å². The number of rotatable bonds is 7. The maximum atomic E-state index is 12.1. The number of anilines is 1. The third kappa shape index (κ3) is 5.33. The Hall–Kier alpha value is -2.24. The Morgan fingerprint density at radius 3 is 2.43 bits per heavy atom. The van der Waals surface area contributed by atoms with Gasteiger partial charge in [0.2, 0.25) is 11.8 Å². The van der Waals surface area contributed by atoms with Crippen molar-refractivity contribution >= 4 is 17.5 Å². The molecule has 2 amide bonds. The molecule has 0 aliphatic carbocycles. The van der Waals surface area contributed by atoms with E-state index >= 15 is 0 Å². The molecular weight excluding hydrogens is 272 g/mol. The van der Waals surface area contributed by atoms with E-state index in [9.17, 15) is 9.59 Å². The SMILES string of the molecule is CCOc1ccc(OCC)c(NC(=O)C(C)NC(C)=O)c1. The summed E-state index contributed by atoms with van der Waals surface area (Å²) in [5, 5.41) is 5.27. The molecule has 1 unspecified atom stereocenters. The Labute approximate surface area is 124 Å². The Morgan fingerprint density at radius 2 is 1.86 bits per heavy atom. The molecule has 0 spiro atoms. The maximum Gasteiger partial charge on any atom is 0.246 e. The molecule has 0 bridgehead atoms. The van der Waals surface area contributed by atoms with Crippen molar-refractivity contribution < 1.29 is 19.1 Å². The largest absolute Gasteiger partial charge is 0.494 e. The first-order chi connectivity index (χ1) is 9.97. The van der Waals surface area contributed by atoms with Gasteiger partial charge in [-0.05, 0) is 32.9 Å². The normalized spacial score (nSPS) is 11.4. The minimum absolute atomic E-state index is 0.259. The van der Waals surface area contributed by atoms with Crippen LogP contribution >= 0.6 is 0 Å². The summed E-state index contributed by atoms with van der Waals surface area (Å²) < 4.78 is 10.9. The van der Waals surface area contributed by atoms with Gasteiger partial charge in [0, 0.05) is 13.0 Å². The van der Waals surface area contributed by atoms with E-state index in [-0.39, 0.29) is 11.8 Å². The zero-order valence-corrected chi connectivity index (χ0v) is 12.9. The molecule has 0 fully saturated rings. The summed E-state index contributed by atoms with van der Waals surface area (Å²) in [5.74, 6) is 0.623. The van der Waals surface area contributed by atoms with Crippen molar-refractivity contribution in [2.45, 2.75) is 33.7 Å². The fourth-order valence-corrected chi connectivity index (χ4v) is 1.76. The molecule has 0 aromatic heterocycles. The molecule has 0 heterocycles. The summed E-state index contributed by atoms with van der Waals surface area (Å²) >= 11 is 0. The van der Waals surface area contributed by atoms with Crippen LogP contribution in [0, 0.1) is 0 Å². The monoisotopic (exact) mass is 294 g/mol. The lowest BCUT2D eigenvalue weighted by atomic mass is 10.2. The van der Waals surface area contributed by atoms with Crippen molar-refractivity contribution in [3.05, 3.63) is 18.2 Å². The van der Waals surface area contributed by atoms with E-state index in [0.29, 0.717) is 30.4 Å². The van der Waals surface area contributed by atoms with Gasteiger partial charge in [-0.15, -0.1) is 0 Å². The van der Waals surface area contributed by atoms with Crippen LogP contribution in [0.15, 0.2) is 18.2 Å². The summed E-state index contributed by atoms with van der Waals surface area (Å²) in [4.78, 5) is 23.0. The first-order valence-corrected chi connectivity index (χ1v) is 6.95. The predicted octanol–water partition coefficient (Wildman–Crippen LogP) is 1.95. The van der Waals surface area contributed by atoms with Gasteiger partial charge in [-0.3, -0.25) is 9.59 Å². The molecule has 0 saturated carbocycles. The van der Waals surface area contributed by atoms with Crippen molar-refractivity contribution in [3.8, 4) is 11.5 Å². The molecule has 21 heavy (non-hydrogen) atoms. The Kier molecular flexibility index (Phi) is 6.52. The lowest BCUT2D eigenvalue weighted by Crippen LogP contribution is -2.40. The number of hydrogen-bond donors (Lipinski definition) is 2. The summed E-state index contributed by atoms with van der Waals surface area (Å²) in [5.41, 5.74) is 0.519. The summed E-state index contributed by atoms with van der Waals surface area (Å²) in [6, 6.07) is 4.59. The highest BCUT2D eigenvalue weighted by atomic mass is 16.5. The van der Waals surface area contributed by atoms with Gasteiger partial charge in [0.25, 0.3) is 0 Å². The average Bonchev–Trinajstić information content (AvgIpc) is 2.41. The molecule has 2 N–H and O–H groups in total. The number of hydrogen-bond acceptors (Lipinski definition) is 4. The molecule has 6 heteroatoms. The van der Waals surface area contributed by atoms with Gasteiger partial charge in [0.1, 0.15) is 17.5 Å². The second-order valence-electron chi connectivity index (χ2n) is 4.44. The standard InChI is InChI=1S/C15H22N2O4/c1-5-20-12-7-8-14(21-6-2)13(9-12)17-15(19)10(3)16-11(4)18/h7-10H,5-6H2,1-4H3,(H,16,18)(H,17,19). The second-order valence-corrected chi connectivity index (χ2v) is 4.44. The Balaban J connectivity index is 2.89. The second kappa shape index (κ2) is 8.14. The molecule has 1 aromatic rings. The summed E-state index contributed by atoms with van der Waals surface area (Å²) in [6.07, 6.45) is 0. The number of ether oxygens (including phenoxy) is 2. The molecular formula is C15H22N2O4. The fraction of sp³-hybridized carbons (Fsp3) is 0.467. The van der Waals surface area contributed by atoms with Gasteiger partial charge in [0.05, 0.1) is 18.9 Å².